The summed E-state index contributed by atoms with van der Waals surface area (Å²) in [6.45, 7) is 3.22. The number of hydrogen-bond donors (Lipinski definition) is 0. The van der Waals surface area contributed by atoms with Gasteiger partial charge in [0.25, 0.3) is 0 Å². The van der Waals surface area contributed by atoms with E-state index in [1.54, 1.807) is 43.5 Å². The summed E-state index contributed by atoms with van der Waals surface area (Å²) in [5, 5.41) is 0. The van der Waals surface area contributed by atoms with Gasteiger partial charge in [-0.05, 0) is 54.5 Å². The van der Waals surface area contributed by atoms with Gasteiger partial charge in [-0.2, -0.15) is 0 Å². The lowest BCUT2D eigenvalue weighted by Crippen LogP contribution is -2.03. The molecule has 0 aliphatic rings. The number of rotatable bonds is 6. The summed E-state index contributed by atoms with van der Waals surface area (Å²) in [6, 6.07) is 10.4. The van der Waals surface area contributed by atoms with E-state index in [1.165, 1.54) is 20.1 Å². The maximum absolute atomic E-state index is 12.4. The van der Waals surface area contributed by atoms with E-state index < -0.39 is 5.97 Å². The van der Waals surface area contributed by atoms with Gasteiger partial charge in [0.05, 0.1) is 14.2 Å². The van der Waals surface area contributed by atoms with Crippen LogP contribution in [0.4, 0.5) is 0 Å². The number of aryl methyl sites for hydroxylation is 1. The molecule has 0 heterocycles. The minimum absolute atomic E-state index is 0.146. The van der Waals surface area contributed by atoms with Gasteiger partial charge in [0.1, 0.15) is 5.75 Å². The topological polar surface area (TPSA) is 61.8 Å². The molecule has 0 spiro atoms. The molecule has 2 rings (SSSR count). The Bertz CT molecular complexity index is 821. The third-order valence-corrected chi connectivity index (χ3v) is 3.44. The molecule has 2 aromatic rings. The van der Waals surface area contributed by atoms with Gasteiger partial charge < -0.3 is 14.2 Å². The molecular formula is C20H20O5. The van der Waals surface area contributed by atoms with E-state index >= 15 is 0 Å². The van der Waals surface area contributed by atoms with Crippen LogP contribution >= 0.6 is 0 Å². The van der Waals surface area contributed by atoms with Crippen molar-refractivity contribution in [3.05, 3.63) is 59.2 Å². The first-order valence-electron chi connectivity index (χ1n) is 7.67. The van der Waals surface area contributed by atoms with E-state index in [1.807, 2.05) is 13.0 Å². The van der Waals surface area contributed by atoms with E-state index in [9.17, 15) is 9.59 Å². The van der Waals surface area contributed by atoms with Gasteiger partial charge in [0.15, 0.2) is 17.3 Å². The van der Waals surface area contributed by atoms with E-state index in [2.05, 4.69) is 0 Å². The Morgan fingerprint density at radius 1 is 0.960 bits per heavy atom. The second kappa shape index (κ2) is 8.15. The number of ketones is 1. The predicted molar refractivity (Wildman–Crippen MR) is 95.4 cm³/mol. The number of allylic oxidation sites excluding steroid dienone is 1. The van der Waals surface area contributed by atoms with Crippen molar-refractivity contribution in [2.75, 3.05) is 14.2 Å². The highest BCUT2D eigenvalue weighted by atomic mass is 16.6. The Hall–Kier alpha value is -3.08. The van der Waals surface area contributed by atoms with Gasteiger partial charge in [-0.15, -0.1) is 0 Å². The number of benzene rings is 2. The Morgan fingerprint density at radius 3 is 2.36 bits per heavy atom. The van der Waals surface area contributed by atoms with Crippen molar-refractivity contribution in [2.45, 2.75) is 13.8 Å². The first-order valence-corrected chi connectivity index (χ1v) is 7.67. The zero-order valence-electron chi connectivity index (χ0n) is 14.7. The van der Waals surface area contributed by atoms with Crippen LogP contribution in [0.3, 0.4) is 0 Å². The quantitative estimate of drug-likeness (QED) is 0.346. The van der Waals surface area contributed by atoms with Crippen molar-refractivity contribution in [3.8, 4) is 17.2 Å². The van der Waals surface area contributed by atoms with Crippen molar-refractivity contribution in [3.63, 3.8) is 0 Å². The lowest BCUT2D eigenvalue weighted by Gasteiger charge is -2.08. The van der Waals surface area contributed by atoms with Crippen LogP contribution < -0.4 is 14.2 Å². The lowest BCUT2D eigenvalue weighted by atomic mass is 10.1. The summed E-state index contributed by atoms with van der Waals surface area (Å²) in [4.78, 5) is 23.5. The Balaban J connectivity index is 2.25. The summed E-state index contributed by atoms with van der Waals surface area (Å²) < 4.78 is 15.5. The zero-order valence-corrected chi connectivity index (χ0v) is 14.7. The van der Waals surface area contributed by atoms with Crippen LogP contribution in [-0.2, 0) is 4.79 Å². The monoisotopic (exact) mass is 340 g/mol. The fourth-order valence-corrected chi connectivity index (χ4v) is 2.31. The number of ether oxygens (including phenoxy) is 3. The molecule has 0 saturated carbocycles. The molecular weight excluding hydrogens is 320 g/mol. The number of hydrogen-bond acceptors (Lipinski definition) is 5. The number of esters is 1. The maximum Gasteiger partial charge on any atom is 0.308 e. The maximum atomic E-state index is 12.4. The molecule has 0 fully saturated rings. The summed E-state index contributed by atoms with van der Waals surface area (Å²) >= 11 is 0. The SMILES string of the molecule is COc1cc(C)cc(C(=O)/C=C/c2ccc(OC)c(OC(C)=O)c2)c1. The summed E-state index contributed by atoms with van der Waals surface area (Å²) in [5.74, 6) is 0.802. The molecule has 0 unspecified atom stereocenters. The van der Waals surface area contributed by atoms with Gasteiger partial charge in [0, 0.05) is 12.5 Å². The minimum atomic E-state index is -0.442. The van der Waals surface area contributed by atoms with E-state index in [0.29, 0.717) is 28.4 Å². The van der Waals surface area contributed by atoms with Crippen molar-refractivity contribution in [1.82, 2.24) is 0 Å². The van der Waals surface area contributed by atoms with Gasteiger partial charge in [0.2, 0.25) is 0 Å². The molecule has 5 heteroatoms. The van der Waals surface area contributed by atoms with Crippen molar-refractivity contribution in [1.29, 1.82) is 0 Å². The molecule has 0 radical (unpaired) electrons. The van der Waals surface area contributed by atoms with Crippen LogP contribution in [0.1, 0.15) is 28.4 Å². The number of carbonyl (C=O) groups is 2. The van der Waals surface area contributed by atoms with Crippen LogP contribution in [0.2, 0.25) is 0 Å². The lowest BCUT2D eigenvalue weighted by molar-refractivity contribution is -0.132. The Morgan fingerprint density at radius 2 is 1.72 bits per heavy atom. The smallest absolute Gasteiger partial charge is 0.308 e. The molecule has 0 aliphatic carbocycles. The minimum Gasteiger partial charge on any atom is -0.497 e. The molecule has 0 bridgehead atoms. The molecule has 5 nitrogen and oxygen atoms in total. The molecule has 2 aromatic carbocycles. The third-order valence-electron chi connectivity index (χ3n) is 3.44. The largest absolute Gasteiger partial charge is 0.497 e. The second-order valence-corrected chi connectivity index (χ2v) is 5.44. The first kappa shape index (κ1) is 18.3. The molecule has 0 saturated heterocycles. The molecule has 130 valence electrons. The van der Waals surface area contributed by atoms with Crippen molar-refractivity contribution >= 4 is 17.8 Å². The summed E-state index contributed by atoms with van der Waals surface area (Å²) in [6.07, 6.45) is 3.12. The first-order chi connectivity index (χ1) is 11.9. The standard InChI is InChI=1S/C20H20O5/c1-13-9-16(12-17(10-13)23-3)18(22)7-5-15-6-8-19(24-4)20(11-15)25-14(2)21/h5-12H,1-4H3/b7-5+. The van der Waals surface area contributed by atoms with Crippen LogP contribution in [0.25, 0.3) is 6.08 Å². The predicted octanol–water partition coefficient (Wildman–Crippen LogP) is 3.83. The molecule has 0 atom stereocenters. The van der Waals surface area contributed by atoms with Gasteiger partial charge in [-0.25, -0.2) is 0 Å². The number of methoxy groups -OCH3 is 2. The van der Waals surface area contributed by atoms with Crippen molar-refractivity contribution in [2.24, 2.45) is 0 Å². The number of carbonyl (C=O) groups excluding carboxylic acids is 2. The van der Waals surface area contributed by atoms with Crippen LogP contribution in [-0.4, -0.2) is 26.0 Å². The van der Waals surface area contributed by atoms with Crippen LogP contribution in [0.15, 0.2) is 42.5 Å². The fraction of sp³-hybridized carbons (Fsp3) is 0.200. The molecule has 25 heavy (non-hydrogen) atoms. The molecule has 0 amide bonds. The summed E-state index contributed by atoms with van der Waals surface area (Å²) in [7, 11) is 3.05. The van der Waals surface area contributed by atoms with E-state index in [4.69, 9.17) is 14.2 Å². The average Bonchev–Trinajstić information content (AvgIpc) is 2.58. The third kappa shape index (κ3) is 4.94. The zero-order chi connectivity index (χ0) is 18.4. The normalized spacial score (nSPS) is 10.6. The van der Waals surface area contributed by atoms with Crippen LogP contribution in [0, 0.1) is 6.92 Å². The van der Waals surface area contributed by atoms with Crippen LogP contribution in [0.5, 0.6) is 17.2 Å². The van der Waals surface area contributed by atoms with E-state index in [0.717, 1.165) is 5.56 Å². The molecule has 0 aliphatic heterocycles. The molecule has 0 N–H and O–H groups in total. The highest BCUT2D eigenvalue weighted by Crippen LogP contribution is 2.28. The second-order valence-electron chi connectivity index (χ2n) is 5.44. The van der Waals surface area contributed by atoms with E-state index in [-0.39, 0.29) is 5.78 Å². The van der Waals surface area contributed by atoms with Gasteiger partial charge in [-0.3, -0.25) is 9.59 Å². The van der Waals surface area contributed by atoms with Gasteiger partial charge >= 0.3 is 5.97 Å². The highest BCUT2D eigenvalue weighted by molar-refractivity contribution is 6.07. The Labute approximate surface area is 146 Å². The fourth-order valence-electron chi connectivity index (χ4n) is 2.31. The molecule has 0 aromatic heterocycles. The summed E-state index contributed by atoms with van der Waals surface area (Å²) in [5.41, 5.74) is 2.20. The highest BCUT2D eigenvalue weighted by Gasteiger charge is 2.08. The Kier molecular flexibility index (Phi) is 5.95. The van der Waals surface area contributed by atoms with Crippen molar-refractivity contribution < 1.29 is 23.8 Å². The van der Waals surface area contributed by atoms with Gasteiger partial charge in [-0.1, -0.05) is 12.1 Å². The average molecular weight is 340 g/mol.